The predicted octanol–water partition coefficient (Wildman–Crippen LogP) is 3.59. The Hall–Kier alpha value is -1.48. The SMILES string of the molecule is Cc1ccc(NCCSc2ccncc2)cc1. The lowest BCUT2D eigenvalue weighted by Crippen LogP contribution is -2.03. The molecule has 2 rings (SSSR count). The Morgan fingerprint density at radius 2 is 1.76 bits per heavy atom. The van der Waals surface area contributed by atoms with Gasteiger partial charge in [-0.15, -0.1) is 11.8 Å². The van der Waals surface area contributed by atoms with Crippen molar-refractivity contribution in [1.29, 1.82) is 0 Å². The number of anilines is 1. The van der Waals surface area contributed by atoms with Gasteiger partial charge in [-0.1, -0.05) is 17.7 Å². The third-order valence-electron chi connectivity index (χ3n) is 2.40. The molecular weight excluding hydrogens is 228 g/mol. The van der Waals surface area contributed by atoms with Crippen molar-refractivity contribution in [3.05, 3.63) is 54.4 Å². The molecule has 0 saturated carbocycles. The summed E-state index contributed by atoms with van der Waals surface area (Å²) in [6.45, 7) is 3.07. The quantitative estimate of drug-likeness (QED) is 0.642. The zero-order valence-electron chi connectivity index (χ0n) is 9.89. The molecule has 0 bridgehead atoms. The molecule has 2 aromatic rings. The number of nitrogens with one attached hydrogen (secondary N) is 1. The highest BCUT2D eigenvalue weighted by atomic mass is 32.2. The standard InChI is InChI=1S/C14H16N2S/c1-12-2-4-13(5-3-12)16-10-11-17-14-6-8-15-9-7-14/h2-9,16H,10-11H2,1H3. The summed E-state index contributed by atoms with van der Waals surface area (Å²) in [4.78, 5) is 5.27. The Morgan fingerprint density at radius 1 is 1.06 bits per heavy atom. The average molecular weight is 244 g/mol. The number of rotatable bonds is 5. The van der Waals surface area contributed by atoms with Crippen LogP contribution in [0.1, 0.15) is 5.56 Å². The lowest BCUT2D eigenvalue weighted by Gasteiger charge is -2.06. The summed E-state index contributed by atoms with van der Waals surface area (Å²) in [7, 11) is 0. The summed E-state index contributed by atoms with van der Waals surface area (Å²) in [5.74, 6) is 1.05. The summed E-state index contributed by atoms with van der Waals surface area (Å²) in [6, 6.07) is 12.6. The minimum Gasteiger partial charge on any atom is -0.384 e. The number of aromatic nitrogens is 1. The second-order valence-corrected chi connectivity index (χ2v) is 4.99. The largest absolute Gasteiger partial charge is 0.384 e. The van der Waals surface area contributed by atoms with E-state index in [4.69, 9.17) is 0 Å². The van der Waals surface area contributed by atoms with Gasteiger partial charge in [-0.3, -0.25) is 4.98 Å². The zero-order valence-corrected chi connectivity index (χ0v) is 10.7. The molecule has 2 nitrogen and oxygen atoms in total. The normalized spacial score (nSPS) is 10.2. The summed E-state index contributed by atoms with van der Waals surface area (Å²) >= 11 is 1.84. The number of pyridine rings is 1. The van der Waals surface area contributed by atoms with Crippen molar-refractivity contribution in [1.82, 2.24) is 4.98 Å². The first-order valence-electron chi connectivity index (χ1n) is 5.68. The van der Waals surface area contributed by atoms with Crippen molar-refractivity contribution >= 4 is 17.4 Å². The van der Waals surface area contributed by atoms with Gasteiger partial charge in [0.15, 0.2) is 0 Å². The molecule has 0 radical (unpaired) electrons. The van der Waals surface area contributed by atoms with Gasteiger partial charge in [0.05, 0.1) is 0 Å². The van der Waals surface area contributed by atoms with Crippen LogP contribution in [0.25, 0.3) is 0 Å². The van der Waals surface area contributed by atoms with E-state index in [0.29, 0.717) is 0 Å². The fourth-order valence-electron chi connectivity index (χ4n) is 1.47. The van der Waals surface area contributed by atoms with E-state index in [1.165, 1.54) is 16.1 Å². The predicted molar refractivity (Wildman–Crippen MR) is 74.6 cm³/mol. The van der Waals surface area contributed by atoms with Crippen molar-refractivity contribution in [2.24, 2.45) is 0 Å². The molecule has 0 amide bonds. The van der Waals surface area contributed by atoms with Crippen LogP contribution in [-0.4, -0.2) is 17.3 Å². The molecule has 1 N–H and O–H groups in total. The molecule has 1 aromatic heterocycles. The summed E-state index contributed by atoms with van der Waals surface area (Å²) in [5.41, 5.74) is 2.48. The number of benzene rings is 1. The fourth-order valence-corrected chi connectivity index (χ4v) is 2.22. The highest BCUT2D eigenvalue weighted by Gasteiger charge is 1.94. The molecule has 0 aliphatic rings. The Labute approximate surface area is 106 Å². The van der Waals surface area contributed by atoms with Crippen LogP contribution in [0.5, 0.6) is 0 Å². The molecule has 0 atom stereocenters. The van der Waals surface area contributed by atoms with Gasteiger partial charge in [0.25, 0.3) is 0 Å². The molecule has 0 fully saturated rings. The number of nitrogens with zero attached hydrogens (tertiary/aromatic N) is 1. The molecule has 0 aliphatic heterocycles. The van der Waals surface area contributed by atoms with Crippen LogP contribution in [-0.2, 0) is 0 Å². The first kappa shape index (κ1) is 12.0. The van der Waals surface area contributed by atoms with E-state index in [0.717, 1.165) is 12.3 Å². The van der Waals surface area contributed by atoms with Crippen LogP contribution in [0.15, 0.2) is 53.7 Å². The molecule has 0 saturated heterocycles. The lowest BCUT2D eigenvalue weighted by atomic mass is 10.2. The van der Waals surface area contributed by atoms with Crippen molar-refractivity contribution in [3.8, 4) is 0 Å². The third-order valence-corrected chi connectivity index (χ3v) is 3.41. The second-order valence-electron chi connectivity index (χ2n) is 3.82. The Bertz CT molecular complexity index is 440. The second kappa shape index (κ2) is 6.30. The molecule has 88 valence electrons. The minimum atomic E-state index is 0.968. The monoisotopic (exact) mass is 244 g/mol. The van der Waals surface area contributed by atoms with Gasteiger partial charge in [0, 0.05) is 35.3 Å². The van der Waals surface area contributed by atoms with E-state index in [1.54, 1.807) is 0 Å². The van der Waals surface area contributed by atoms with Crippen LogP contribution >= 0.6 is 11.8 Å². The molecule has 0 spiro atoms. The van der Waals surface area contributed by atoms with E-state index in [-0.39, 0.29) is 0 Å². The van der Waals surface area contributed by atoms with Crippen LogP contribution < -0.4 is 5.32 Å². The van der Waals surface area contributed by atoms with E-state index in [2.05, 4.69) is 41.5 Å². The Balaban J connectivity index is 1.71. The summed E-state index contributed by atoms with van der Waals surface area (Å²) < 4.78 is 0. The van der Waals surface area contributed by atoms with E-state index >= 15 is 0 Å². The third kappa shape index (κ3) is 4.11. The van der Waals surface area contributed by atoms with Gasteiger partial charge in [-0.2, -0.15) is 0 Å². The van der Waals surface area contributed by atoms with E-state index in [9.17, 15) is 0 Å². The minimum absolute atomic E-state index is 0.968. The maximum absolute atomic E-state index is 4.00. The maximum Gasteiger partial charge on any atom is 0.0340 e. The molecule has 1 aromatic carbocycles. The first-order chi connectivity index (χ1) is 8.34. The Morgan fingerprint density at radius 3 is 2.47 bits per heavy atom. The fraction of sp³-hybridized carbons (Fsp3) is 0.214. The molecule has 0 aliphatic carbocycles. The van der Waals surface area contributed by atoms with E-state index < -0.39 is 0 Å². The summed E-state index contributed by atoms with van der Waals surface area (Å²) in [5, 5.41) is 3.41. The zero-order chi connectivity index (χ0) is 11.9. The first-order valence-corrected chi connectivity index (χ1v) is 6.66. The number of thioether (sulfide) groups is 1. The van der Waals surface area contributed by atoms with Crippen molar-refractivity contribution < 1.29 is 0 Å². The number of hydrogen-bond donors (Lipinski definition) is 1. The van der Waals surface area contributed by atoms with Crippen molar-refractivity contribution in [3.63, 3.8) is 0 Å². The van der Waals surface area contributed by atoms with Gasteiger partial charge in [0.1, 0.15) is 0 Å². The molecular formula is C14H16N2S. The van der Waals surface area contributed by atoms with Gasteiger partial charge in [-0.25, -0.2) is 0 Å². The van der Waals surface area contributed by atoms with Crippen LogP contribution in [0.4, 0.5) is 5.69 Å². The summed E-state index contributed by atoms with van der Waals surface area (Å²) in [6.07, 6.45) is 3.66. The van der Waals surface area contributed by atoms with E-state index in [1.807, 2.05) is 36.3 Å². The van der Waals surface area contributed by atoms with Crippen LogP contribution in [0, 0.1) is 6.92 Å². The van der Waals surface area contributed by atoms with Crippen molar-refractivity contribution in [2.75, 3.05) is 17.6 Å². The van der Waals surface area contributed by atoms with Crippen molar-refractivity contribution in [2.45, 2.75) is 11.8 Å². The lowest BCUT2D eigenvalue weighted by molar-refractivity contribution is 1.21. The average Bonchev–Trinajstić information content (AvgIpc) is 2.38. The number of aryl methyl sites for hydroxylation is 1. The van der Waals surface area contributed by atoms with Crippen LogP contribution in [0.2, 0.25) is 0 Å². The molecule has 3 heteroatoms. The highest BCUT2D eigenvalue weighted by Crippen LogP contribution is 2.16. The molecule has 0 unspecified atom stereocenters. The molecule has 1 heterocycles. The van der Waals surface area contributed by atoms with Gasteiger partial charge < -0.3 is 5.32 Å². The smallest absolute Gasteiger partial charge is 0.0340 e. The van der Waals surface area contributed by atoms with Gasteiger partial charge >= 0.3 is 0 Å². The van der Waals surface area contributed by atoms with Gasteiger partial charge in [0.2, 0.25) is 0 Å². The topological polar surface area (TPSA) is 24.9 Å². The van der Waals surface area contributed by atoms with Crippen LogP contribution in [0.3, 0.4) is 0 Å². The number of hydrogen-bond acceptors (Lipinski definition) is 3. The Kier molecular flexibility index (Phi) is 4.45. The maximum atomic E-state index is 4.00. The highest BCUT2D eigenvalue weighted by molar-refractivity contribution is 7.99. The molecule has 17 heavy (non-hydrogen) atoms. The van der Waals surface area contributed by atoms with Gasteiger partial charge in [-0.05, 0) is 31.2 Å².